The summed E-state index contributed by atoms with van der Waals surface area (Å²) >= 11 is 0. The van der Waals surface area contributed by atoms with Crippen LogP contribution in [0.2, 0.25) is 0 Å². The van der Waals surface area contributed by atoms with Crippen LogP contribution in [-0.2, 0) is 11.3 Å². The Balaban J connectivity index is 1.15. The number of H-pyrrole nitrogens is 1. The SMILES string of the molecule is Cc1cnccc1-c1cc(NCCOCCCCNCc2cc(F)c(OC(F)(F)F)c(F)c2)c2cn[nH]c2c1. The van der Waals surface area contributed by atoms with Crippen molar-refractivity contribution in [1.29, 1.82) is 0 Å². The number of halogens is 5. The van der Waals surface area contributed by atoms with Crippen molar-refractivity contribution in [2.24, 2.45) is 0 Å². The normalized spacial score (nSPS) is 11.7. The number of anilines is 1. The molecule has 0 unspecified atom stereocenters. The highest BCUT2D eigenvalue weighted by Gasteiger charge is 2.34. The molecular weight excluding hydrogens is 521 g/mol. The number of nitrogens with zero attached hydrogens (tertiary/aromatic N) is 2. The standard InChI is InChI=1S/C27H28F5N5O2/c1-17-14-34-6-4-20(17)19-12-24(21-16-36-37-25(21)13-19)35-7-9-38-8-3-2-5-33-15-18-10-22(28)26(23(29)11-18)39-27(30,31)32/h4,6,10-14,16,33,35H,2-3,5,7-9,15H2,1H3,(H,36,37). The molecule has 208 valence electrons. The lowest BCUT2D eigenvalue weighted by Crippen LogP contribution is -2.20. The molecule has 0 saturated carbocycles. The predicted molar refractivity (Wildman–Crippen MR) is 137 cm³/mol. The van der Waals surface area contributed by atoms with Gasteiger partial charge in [-0.15, -0.1) is 13.2 Å². The molecule has 0 amide bonds. The Morgan fingerprint density at radius 3 is 2.51 bits per heavy atom. The molecule has 4 rings (SSSR count). The number of benzene rings is 2. The zero-order valence-electron chi connectivity index (χ0n) is 21.2. The molecule has 7 nitrogen and oxygen atoms in total. The molecule has 39 heavy (non-hydrogen) atoms. The van der Waals surface area contributed by atoms with E-state index in [1.807, 2.05) is 19.2 Å². The van der Waals surface area contributed by atoms with Crippen molar-refractivity contribution in [3.63, 3.8) is 0 Å². The van der Waals surface area contributed by atoms with E-state index in [-0.39, 0.29) is 12.1 Å². The number of hydrogen-bond acceptors (Lipinski definition) is 6. The van der Waals surface area contributed by atoms with Crippen LogP contribution >= 0.6 is 0 Å². The first kappa shape index (κ1) is 28.2. The fourth-order valence-electron chi connectivity index (χ4n) is 4.12. The number of rotatable bonds is 13. The van der Waals surface area contributed by atoms with E-state index < -0.39 is 23.7 Å². The first-order valence-corrected chi connectivity index (χ1v) is 12.4. The molecule has 0 bridgehead atoms. The summed E-state index contributed by atoms with van der Waals surface area (Å²) in [5.74, 6) is -4.26. The maximum atomic E-state index is 13.8. The molecule has 2 aromatic carbocycles. The second-order valence-corrected chi connectivity index (χ2v) is 8.91. The highest BCUT2D eigenvalue weighted by Crippen LogP contribution is 2.31. The summed E-state index contributed by atoms with van der Waals surface area (Å²) in [5.41, 5.74) is 5.28. The van der Waals surface area contributed by atoms with E-state index in [1.165, 1.54) is 0 Å². The van der Waals surface area contributed by atoms with E-state index in [4.69, 9.17) is 4.74 Å². The van der Waals surface area contributed by atoms with E-state index in [1.54, 1.807) is 12.4 Å². The molecule has 0 radical (unpaired) electrons. The van der Waals surface area contributed by atoms with Crippen LogP contribution in [0.25, 0.3) is 22.0 Å². The van der Waals surface area contributed by atoms with Crippen LogP contribution in [0.3, 0.4) is 0 Å². The second kappa shape index (κ2) is 12.9. The van der Waals surface area contributed by atoms with Gasteiger partial charge in [0.15, 0.2) is 11.6 Å². The Bertz CT molecular complexity index is 1370. The monoisotopic (exact) mass is 549 g/mol. The van der Waals surface area contributed by atoms with Gasteiger partial charge in [0, 0.05) is 43.2 Å². The minimum atomic E-state index is -5.17. The third-order valence-electron chi connectivity index (χ3n) is 5.95. The van der Waals surface area contributed by atoms with Crippen molar-refractivity contribution >= 4 is 16.6 Å². The lowest BCUT2D eigenvalue weighted by molar-refractivity contribution is -0.276. The van der Waals surface area contributed by atoms with E-state index in [0.717, 1.165) is 58.3 Å². The van der Waals surface area contributed by atoms with Crippen molar-refractivity contribution in [2.45, 2.75) is 32.7 Å². The Morgan fingerprint density at radius 1 is 0.974 bits per heavy atom. The highest BCUT2D eigenvalue weighted by atomic mass is 19.4. The molecule has 0 saturated heterocycles. The van der Waals surface area contributed by atoms with Gasteiger partial charge in [0.1, 0.15) is 0 Å². The fraction of sp³-hybridized carbons (Fsp3) is 0.333. The number of fused-ring (bicyclic) bond motifs is 1. The van der Waals surface area contributed by atoms with Crippen molar-refractivity contribution < 1.29 is 31.4 Å². The van der Waals surface area contributed by atoms with E-state index in [0.29, 0.717) is 26.3 Å². The first-order valence-electron chi connectivity index (χ1n) is 12.4. The molecular formula is C27H28F5N5O2. The van der Waals surface area contributed by atoms with E-state index in [9.17, 15) is 22.0 Å². The number of unbranched alkanes of at least 4 members (excludes halogenated alkanes) is 1. The van der Waals surface area contributed by atoms with Crippen molar-refractivity contribution in [1.82, 2.24) is 20.5 Å². The summed E-state index contributed by atoms with van der Waals surface area (Å²) < 4.78 is 73.4. The van der Waals surface area contributed by atoms with Gasteiger partial charge in [0.25, 0.3) is 0 Å². The second-order valence-electron chi connectivity index (χ2n) is 8.91. The van der Waals surface area contributed by atoms with Crippen LogP contribution in [0.1, 0.15) is 24.0 Å². The van der Waals surface area contributed by atoms with Crippen molar-refractivity contribution in [2.75, 3.05) is 31.6 Å². The molecule has 0 spiro atoms. The Hall–Kier alpha value is -3.77. The summed E-state index contributed by atoms with van der Waals surface area (Å²) in [6, 6.07) is 7.76. The number of aromatic nitrogens is 3. The lowest BCUT2D eigenvalue weighted by atomic mass is 10.0. The molecule has 12 heteroatoms. The number of ether oxygens (including phenoxy) is 2. The predicted octanol–water partition coefficient (Wildman–Crippen LogP) is 6.11. The Labute approximate surface area is 221 Å². The summed E-state index contributed by atoms with van der Waals surface area (Å²) in [6.07, 6.45) is 1.72. The van der Waals surface area contributed by atoms with Gasteiger partial charge in [-0.1, -0.05) is 0 Å². The molecule has 0 atom stereocenters. The average Bonchev–Trinajstić information content (AvgIpc) is 3.36. The maximum Gasteiger partial charge on any atom is 0.573 e. The largest absolute Gasteiger partial charge is 0.573 e. The van der Waals surface area contributed by atoms with E-state index in [2.05, 4.69) is 42.7 Å². The zero-order valence-corrected chi connectivity index (χ0v) is 21.2. The Morgan fingerprint density at radius 2 is 1.77 bits per heavy atom. The van der Waals surface area contributed by atoms with Gasteiger partial charge in [-0.25, -0.2) is 8.78 Å². The number of aryl methyl sites for hydroxylation is 1. The third-order valence-corrected chi connectivity index (χ3v) is 5.95. The number of hydrogen-bond donors (Lipinski definition) is 3. The van der Waals surface area contributed by atoms with Crippen LogP contribution in [0.4, 0.5) is 27.6 Å². The molecule has 3 N–H and O–H groups in total. The molecule has 2 aromatic heterocycles. The van der Waals surface area contributed by atoms with Gasteiger partial charge >= 0.3 is 6.36 Å². The van der Waals surface area contributed by atoms with Crippen LogP contribution in [0.5, 0.6) is 5.75 Å². The van der Waals surface area contributed by atoms with Crippen molar-refractivity contribution in [3.8, 4) is 16.9 Å². The minimum Gasteiger partial charge on any atom is -0.399 e. The number of pyridine rings is 1. The van der Waals surface area contributed by atoms with Gasteiger partial charge in [-0.05, 0) is 78.9 Å². The number of aromatic amines is 1. The van der Waals surface area contributed by atoms with Gasteiger partial charge in [-0.2, -0.15) is 5.10 Å². The quantitative estimate of drug-likeness (QED) is 0.138. The molecule has 0 aliphatic rings. The van der Waals surface area contributed by atoms with E-state index >= 15 is 0 Å². The average molecular weight is 550 g/mol. The molecule has 0 fully saturated rings. The topological polar surface area (TPSA) is 84.1 Å². The maximum absolute atomic E-state index is 13.8. The van der Waals surface area contributed by atoms with Gasteiger partial charge < -0.3 is 20.1 Å². The zero-order chi connectivity index (χ0) is 27.8. The van der Waals surface area contributed by atoms with Crippen molar-refractivity contribution in [3.05, 3.63) is 71.7 Å². The smallest absolute Gasteiger partial charge is 0.399 e. The summed E-state index contributed by atoms with van der Waals surface area (Å²) in [4.78, 5) is 4.16. The molecule has 2 heterocycles. The van der Waals surface area contributed by atoms with Crippen LogP contribution < -0.4 is 15.4 Å². The number of alkyl halides is 3. The number of nitrogens with one attached hydrogen (secondary N) is 3. The van der Waals surface area contributed by atoms with Gasteiger partial charge in [-0.3, -0.25) is 10.1 Å². The third kappa shape index (κ3) is 7.87. The summed E-state index contributed by atoms with van der Waals surface area (Å²) in [6.45, 7) is 4.30. The molecule has 0 aliphatic carbocycles. The Kier molecular flexibility index (Phi) is 9.31. The molecule has 4 aromatic rings. The van der Waals surface area contributed by atoms with Crippen LogP contribution in [0, 0.1) is 18.6 Å². The minimum absolute atomic E-state index is 0.103. The van der Waals surface area contributed by atoms with Crippen LogP contribution in [0.15, 0.2) is 48.9 Å². The molecule has 0 aliphatic heterocycles. The first-order chi connectivity index (χ1) is 18.7. The van der Waals surface area contributed by atoms with Gasteiger partial charge in [0.05, 0.1) is 18.3 Å². The van der Waals surface area contributed by atoms with Gasteiger partial charge in [0.2, 0.25) is 5.75 Å². The summed E-state index contributed by atoms with van der Waals surface area (Å²) in [7, 11) is 0. The fourth-order valence-corrected chi connectivity index (χ4v) is 4.12. The van der Waals surface area contributed by atoms with Crippen LogP contribution in [-0.4, -0.2) is 47.8 Å². The highest BCUT2D eigenvalue weighted by molar-refractivity contribution is 5.95. The lowest BCUT2D eigenvalue weighted by Gasteiger charge is -2.12. The summed E-state index contributed by atoms with van der Waals surface area (Å²) in [5, 5.41) is 14.6.